The zero-order valence-corrected chi connectivity index (χ0v) is 10.7. The van der Waals surface area contributed by atoms with Crippen molar-refractivity contribution in [3.05, 3.63) is 77.4 Å². The first kappa shape index (κ1) is 12.6. The lowest BCUT2D eigenvalue weighted by Crippen LogP contribution is -1.93. The molecule has 0 N–H and O–H groups in total. The second-order valence-corrected chi connectivity index (χ2v) is 4.22. The summed E-state index contributed by atoms with van der Waals surface area (Å²) in [6.07, 6.45) is 4.13. The van der Waals surface area contributed by atoms with E-state index in [1.807, 2.05) is 31.2 Å². The second kappa shape index (κ2) is 6.77. The van der Waals surface area contributed by atoms with Gasteiger partial charge in [0, 0.05) is 0 Å². The van der Waals surface area contributed by atoms with Gasteiger partial charge in [-0.15, -0.1) is 0 Å². The molecule has 0 aliphatic heterocycles. The van der Waals surface area contributed by atoms with Crippen molar-refractivity contribution in [2.45, 2.75) is 20.1 Å². The van der Waals surface area contributed by atoms with Crippen LogP contribution in [0.1, 0.15) is 23.6 Å². The van der Waals surface area contributed by atoms with E-state index in [2.05, 4.69) is 42.5 Å². The van der Waals surface area contributed by atoms with Crippen LogP contribution in [0.4, 0.5) is 0 Å². The fourth-order valence-corrected chi connectivity index (χ4v) is 1.78. The minimum absolute atomic E-state index is 0.658. The molecule has 0 unspecified atom stereocenters. The Morgan fingerprint density at radius 2 is 1.44 bits per heavy atom. The van der Waals surface area contributed by atoms with Crippen LogP contribution in [0.25, 0.3) is 6.08 Å². The van der Waals surface area contributed by atoms with E-state index < -0.39 is 0 Å². The van der Waals surface area contributed by atoms with Gasteiger partial charge in [0.2, 0.25) is 0 Å². The van der Waals surface area contributed by atoms with E-state index in [9.17, 15) is 0 Å². The van der Waals surface area contributed by atoms with Crippen LogP contribution in [0.15, 0.2) is 60.7 Å². The number of ether oxygens (including phenoxy) is 1. The highest BCUT2D eigenvalue weighted by Crippen LogP contribution is 2.09. The van der Waals surface area contributed by atoms with E-state index in [-0.39, 0.29) is 0 Å². The van der Waals surface area contributed by atoms with E-state index in [1.54, 1.807) is 0 Å². The Balaban J connectivity index is 1.83. The van der Waals surface area contributed by atoms with Crippen LogP contribution < -0.4 is 0 Å². The van der Waals surface area contributed by atoms with Gasteiger partial charge < -0.3 is 4.74 Å². The lowest BCUT2D eigenvalue weighted by molar-refractivity contribution is 0.107. The van der Waals surface area contributed by atoms with Gasteiger partial charge in [-0.1, -0.05) is 66.7 Å². The van der Waals surface area contributed by atoms with Gasteiger partial charge in [-0.3, -0.25) is 0 Å². The fraction of sp³-hybridized carbons (Fsp3) is 0.176. The topological polar surface area (TPSA) is 9.23 Å². The maximum absolute atomic E-state index is 5.69. The molecule has 0 aliphatic rings. The Bertz CT molecular complexity index is 483. The molecule has 0 saturated heterocycles. The molecule has 0 radical (unpaired) electrons. The van der Waals surface area contributed by atoms with Crippen LogP contribution in [0.5, 0.6) is 0 Å². The summed E-state index contributed by atoms with van der Waals surface area (Å²) in [7, 11) is 0. The molecule has 1 nitrogen and oxygen atoms in total. The van der Waals surface area contributed by atoms with E-state index in [0.717, 1.165) is 0 Å². The van der Waals surface area contributed by atoms with Crippen LogP contribution >= 0.6 is 0 Å². The number of hydrogen-bond donors (Lipinski definition) is 0. The van der Waals surface area contributed by atoms with Gasteiger partial charge in [0.05, 0.1) is 13.2 Å². The fourth-order valence-electron chi connectivity index (χ4n) is 1.78. The monoisotopic (exact) mass is 238 g/mol. The molecule has 1 heteroatoms. The van der Waals surface area contributed by atoms with Crippen LogP contribution in [0, 0.1) is 0 Å². The predicted molar refractivity (Wildman–Crippen MR) is 76.1 cm³/mol. The maximum atomic E-state index is 5.69. The Morgan fingerprint density at radius 3 is 2.06 bits per heavy atom. The highest BCUT2D eigenvalue weighted by Gasteiger charge is 1.95. The molecule has 2 rings (SSSR count). The average Bonchev–Trinajstić information content (AvgIpc) is 2.42. The third-order valence-electron chi connectivity index (χ3n) is 2.72. The van der Waals surface area contributed by atoms with Gasteiger partial charge in [-0.05, 0) is 23.6 Å². The lowest BCUT2D eigenvalue weighted by Gasteiger charge is -2.05. The van der Waals surface area contributed by atoms with Crippen molar-refractivity contribution < 1.29 is 4.74 Å². The van der Waals surface area contributed by atoms with Gasteiger partial charge in [-0.2, -0.15) is 0 Å². The minimum Gasteiger partial charge on any atom is -0.372 e. The molecule has 0 spiro atoms. The van der Waals surface area contributed by atoms with Gasteiger partial charge in [0.15, 0.2) is 0 Å². The third kappa shape index (κ3) is 3.86. The maximum Gasteiger partial charge on any atom is 0.0721 e. The molecular weight excluding hydrogens is 220 g/mol. The largest absolute Gasteiger partial charge is 0.372 e. The molecule has 2 aromatic rings. The summed E-state index contributed by atoms with van der Waals surface area (Å²) in [4.78, 5) is 0. The number of benzene rings is 2. The highest BCUT2D eigenvalue weighted by atomic mass is 16.5. The van der Waals surface area contributed by atoms with Gasteiger partial charge >= 0.3 is 0 Å². The van der Waals surface area contributed by atoms with Crippen molar-refractivity contribution in [1.82, 2.24) is 0 Å². The number of rotatable bonds is 5. The van der Waals surface area contributed by atoms with Crippen molar-refractivity contribution in [2.24, 2.45) is 0 Å². The lowest BCUT2D eigenvalue weighted by atomic mass is 10.1. The zero-order valence-electron chi connectivity index (χ0n) is 10.7. The molecule has 92 valence electrons. The first-order chi connectivity index (χ1) is 8.88. The zero-order chi connectivity index (χ0) is 12.6. The van der Waals surface area contributed by atoms with Crippen molar-refractivity contribution >= 4 is 6.08 Å². The second-order valence-electron chi connectivity index (χ2n) is 4.22. The van der Waals surface area contributed by atoms with Crippen molar-refractivity contribution in [1.29, 1.82) is 0 Å². The van der Waals surface area contributed by atoms with Crippen molar-refractivity contribution in [3.63, 3.8) is 0 Å². The molecule has 0 bridgehead atoms. The molecule has 0 saturated carbocycles. The van der Waals surface area contributed by atoms with Crippen LogP contribution in [0.2, 0.25) is 0 Å². The van der Waals surface area contributed by atoms with Crippen LogP contribution in [0.3, 0.4) is 0 Å². The summed E-state index contributed by atoms with van der Waals surface area (Å²) in [5.41, 5.74) is 3.64. The summed E-state index contributed by atoms with van der Waals surface area (Å²) in [6.45, 7) is 3.35. The predicted octanol–water partition coefficient (Wildman–Crippen LogP) is 4.44. The molecule has 0 heterocycles. The SMILES string of the molecule is C/C=C/c1ccc(COCc2ccccc2)cc1. The molecule has 0 fully saturated rings. The van der Waals surface area contributed by atoms with Crippen molar-refractivity contribution in [2.75, 3.05) is 0 Å². The van der Waals surface area contributed by atoms with Crippen molar-refractivity contribution in [3.8, 4) is 0 Å². The van der Waals surface area contributed by atoms with E-state index in [1.165, 1.54) is 16.7 Å². The normalized spacial score (nSPS) is 10.9. The molecule has 0 aliphatic carbocycles. The molecule has 0 amide bonds. The van der Waals surface area contributed by atoms with E-state index in [0.29, 0.717) is 13.2 Å². The smallest absolute Gasteiger partial charge is 0.0721 e. The summed E-state index contributed by atoms with van der Waals surface area (Å²) in [5, 5.41) is 0. The Kier molecular flexibility index (Phi) is 4.74. The quantitative estimate of drug-likeness (QED) is 0.748. The van der Waals surface area contributed by atoms with Gasteiger partial charge in [0.1, 0.15) is 0 Å². The number of allylic oxidation sites excluding steroid dienone is 1. The molecule has 0 aromatic heterocycles. The Hall–Kier alpha value is -1.86. The molecule has 18 heavy (non-hydrogen) atoms. The van der Waals surface area contributed by atoms with Crippen LogP contribution in [-0.4, -0.2) is 0 Å². The van der Waals surface area contributed by atoms with E-state index >= 15 is 0 Å². The minimum atomic E-state index is 0.658. The summed E-state index contributed by atoms with van der Waals surface area (Å²) < 4.78 is 5.69. The summed E-state index contributed by atoms with van der Waals surface area (Å²) >= 11 is 0. The summed E-state index contributed by atoms with van der Waals surface area (Å²) in [6, 6.07) is 18.7. The first-order valence-electron chi connectivity index (χ1n) is 6.22. The third-order valence-corrected chi connectivity index (χ3v) is 2.72. The Morgan fingerprint density at radius 1 is 0.833 bits per heavy atom. The van der Waals surface area contributed by atoms with Gasteiger partial charge in [0.25, 0.3) is 0 Å². The Labute approximate surface area is 109 Å². The standard InChI is InChI=1S/C17H18O/c1-2-6-15-9-11-17(12-10-15)14-18-13-16-7-4-3-5-8-16/h2-12H,13-14H2,1H3/b6-2+. The first-order valence-corrected chi connectivity index (χ1v) is 6.22. The van der Waals surface area contributed by atoms with Gasteiger partial charge in [-0.25, -0.2) is 0 Å². The highest BCUT2D eigenvalue weighted by molar-refractivity contribution is 5.49. The number of hydrogen-bond acceptors (Lipinski definition) is 1. The average molecular weight is 238 g/mol. The molecule has 0 atom stereocenters. The summed E-state index contributed by atoms with van der Waals surface area (Å²) in [5.74, 6) is 0. The molecule has 2 aromatic carbocycles. The van der Waals surface area contributed by atoms with Crippen LogP contribution in [-0.2, 0) is 18.0 Å². The molecular formula is C17H18O. The van der Waals surface area contributed by atoms with E-state index in [4.69, 9.17) is 4.74 Å².